The van der Waals surface area contributed by atoms with Crippen molar-refractivity contribution in [2.45, 2.75) is 13.8 Å². The normalized spacial score (nSPS) is 10.9. The molecular formula is C22H17ClN2OS. The van der Waals surface area contributed by atoms with Crippen molar-refractivity contribution in [3.63, 3.8) is 0 Å². The van der Waals surface area contributed by atoms with Crippen LogP contribution in [0.25, 0.3) is 20.8 Å². The minimum Gasteiger partial charge on any atom is -0.322 e. The van der Waals surface area contributed by atoms with Gasteiger partial charge in [0.05, 0.1) is 10.2 Å². The average molecular weight is 393 g/mol. The first kappa shape index (κ1) is 17.7. The summed E-state index contributed by atoms with van der Waals surface area (Å²) in [5.74, 6) is -0.179. The summed E-state index contributed by atoms with van der Waals surface area (Å²) in [5, 5.41) is 4.53. The molecule has 0 aliphatic rings. The van der Waals surface area contributed by atoms with E-state index < -0.39 is 0 Å². The number of anilines is 1. The van der Waals surface area contributed by atoms with Gasteiger partial charge in [0.15, 0.2) is 0 Å². The first-order valence-electron chi connectivity index (χ1n) is 8.56. The molecular weight excluding hydrogens is 376 g/mol. The summed E-state index contributed by atoms with van der Waals surface area (Å²) < 4.78 is 1.15. The first-order valence-corrected chi connectivity index (χ1v) is 9.75. The van der Waals surface area contributed by atoms with Crippen LogP contribution in [0.1, 0.15) is 21.5 Å². The maximum atomic E-state index is 12.6. The van der Waals surface area contributed by atoms with E-state index >= 15 is 0 Å². The summed E-state index contributed by atoms with van der Waals surface area (Å²) in [6.45, 7) is 3.91. The molecule has 27 heavy (non-hydrogen) atoms. The molecule has 1 heterocycles. The van der Waals surface area contributed by atoms with Gasteiger partial charge in [0.2, 0.25) is 0 Å². The molecule has 0 saturated carbocycles. The Morgan fingerprint density at radius 1 is 1.04 bits per heavy atom. The van der Waals surface area contributed by atoms with Gasteiger partial charge >= 0.3 is 0 Å². The molecule has 0 spiro atoms. The summed E-state index contributed by atoms with van der Waals surface area (Å²) in [4.78, 5) is 17.4. The molecule has 3 nitrogen and oxygen atoms in total. The van der Waals surface area contributed by atoms with Gasteiger partial charge in [-0.05, 0) is 55.3 Å². The molecule has 0 radical (unpaired) electrons. The smallest absolute Gasteiger partial charge is 0.255 e. The molecule has 0 aliphatic carbocycles. The van der Waals surface area contributed by atoms with E-state index in [2.05, 4.69) is 11.4 Å². The Hall–Kier alpha value is -2.69. The molecule has 3 aromatic carbocycles. The molecule has 5 heteroatoms. The van der Waals surface area contributed by atoms with Crippen molar-refractivity contribution >= 4 is 44.7 Å². The number of amides is 1. The number of benzene rings is 3. The predicted molar refractivity (Wildman–Crippen MR) is 114 cm³/mol. The third kappa shape index (κ3) is 3.46. The van der Waals surface area contributed by atoms with Gasteiger partial charge in [0.1, 0.15) is 5.01 Å². The number of thiazole rings is 1. The molecule has 1 N–H and O–H groups in total. The first-order chi connectivity index (χ1) is 13.0. The molecule has 1 amide bonds. The van der Waals surface area contributed by atoms with Crippen LogP contribution < -0.4 is 5.32 Å². The van der Waals surface area contributed by atoms with Crippen molar-refractivity contribution in [3.8, 4) is 10.6 Å². The van der Waals surface area contributed by atoms with Crippen molar-refractivity contribution in [2.24, 2.45) is 0 Å². The van der Waals surface area contributed by atoms with Gasteiger partial charge in [0.25, 0.3) is 5.91 Å². The maximum absolute atomic E-state index is 12.6. The van der Waals surface area contributed by atoms with Crippen molar-refractivity contribution < 1.29 is 4.79 Å². The van der Waals surface area contributed by atoms with E-state index in [4.69, 9.17) is 16.6 Å². The number of rotatable bonds is 3. The van der Waals surface area contributed by atoms with Crippen LogP contribution in [0.15, 0.2) is 60.7 Å². The minimum absolute atomic E-state index is 0.179. The van der Waals surface area contributed by atoms with Crippen molar-refractivity contribution in [1.29, 1.82) is 0 Å². The number of nitrogens with zero attached hydrogens (tertiary/aromatic N) is 1. The molecule has 0 unspecified atom stereocenters. The van der Waals surface area contributed by atoms with Crippen molar-refractivity contribution in [2.75, 3.05) is 5.32 Å². The van der Waals surface area contributed by atoms with Gasteiger partial charge < -0.3 is 5.32 Å². The minimum atomic E-state index is -0.179. The lowest BCUT2D eigenvalue weighted by Gasteiger charge is -2.12. The number of hydrogen-bond acceptors (Lipinski definition) is 3. The van der Waals surface area contributed by atoms with Gasteiger partial charge in [-0.25, -0.2) is 4.98 Å². The molecule has 0 bridgehead atoms. The van der Waals surface area contributed by atoms with E-state index in [1.807, 2.05) is 56.3 Å². The predicted octanol–water partition coefficient (Wildman–Crippen LogP) is 6.49. The monoisotopic (exact) mass is 392 g/mol. The summed E-state index contributed by atoms with van der Waals surface area (Å²) in [6, 6.07) is 19.3. The van der Waals surface area contributed by atoms with Crippen LogP contribution in [0.2, 0.25) is 5.02 Å². The largest absolute Gasteiger partial charge is 0.322 e. The summed E-state index contributed by atoms with van der Waals surface area (Å²) in [5.41, 5.74) is 5.26. The second-order valence-corrected chi connectivity index (χ2v) is 7.82. The van der Waals surface area contributed by atoms with E-state index in [1.54, 1.807) is 23.5 Å². The van der Waals surface area contributed by atoms with E-state index in [-0.39, 0.29) is 5.91 Å². The van der Waals surface area contributed by atoms with Gasteiger partial charge in [-0.2, -0.15) is 0 Å². The third-order valence-electron chi connectivity index (χ3n) is 4.54. The Morgan fingerprint density at radius 2 is 1.85 bits per heavy atom. The Morgan fingerprint density at radius 3 is 2.63 bits per heavy atom. The van der Waals surface area contributed by atoms with Crippen LogP contribution >= 0.6 is 22.9 Å². The molecule has 4 rings (SSSR count). The highest BCUT2D eigenvalue weighted by Gasteiger charge is 2.14. The molecule has 0 aliphatic heterocycles. The summed E-state index contributed by atoms with van der Waals surface area (Å²) in [6.07, 6.45) is 0. The molecule has 0 fully saturated rings. The number of carbonyl (C=O) groups excluding carboxylic acids is 1. The number of hydrogen-bond donors (Lipinski definition) is 1. The third-order valence-corrected chi connectivity index (χ3v) is 6.02. The lowest BCUT2D eigenvalue weighted by molar-refractivity contribution is 0.102. The molecule has 4 aromatic rings. The Balaban J connectivity index is 1.67. The summed E-state index contributed by atoms with van der Waals surface area (Å²) >= 11 is 7.80. The van der Waals surface area contributed by atoms with E-state index in [1.165, 1.54) is 0 Å². The van der Waals surface area contributed by atoms with Gasteiger partial charge in [-0.1, -0.05) is 41.9 Å². The highest BCUT2D eigenvalue weighted by atomic mass is 35.5. The SMILES string of the molecule is Cc1ccc(C(=O)Nc2cccc(-c3nc4ccccc4s3)c2C)cc1Cl. The number of fused-ring (bicyclic) bond motifs is 1. The number of nitrogens with one attached hydrogen (secondary N) is 1. The van der Waals surface area contributed by atoms with Gasteiger partial charge in [-0.15, -0.1) is 11.3 Å². The zero-order valence-corrected chi connectivity index (χ0v) is 16.5. The Bertz CT molecular complexity index is 1130. The number of carbonyl (C=O) groups is 1. The second kappa shape index (κ2) is 7.14. The fourth-order valence-corrected chi connectivity index (χ4v) is 4.15. The van der Waals surface area contributed by atoms with Gasteiger partial charge in [-0.3, -0.25) is 4.79 Å². The van der Waals surface area contributed by atoms with Crippen LogP contribution in [0.4, 0.5) is 5.69 Å². The van der Waals surface area contributed by atoms with Crippen LogP contribution in [0.3, 0.4) is 0 Å². The lowest BCUT2D eigenvalue weighted by atomic mass is 10.1. The summed E-state index contributed by atoms with van der Waals surface area (Å²) in [7, 11) is 0. The van der Waals surface area contributed by atoms with Gasteiger partial charge in [0, 0.05) is 21.8 Å². The van der Waals surface area contributed by atoms with Crippen molar-refractivity contribution in [3.05, 3.63) is 82.4 Å². The Kier molecular flexibility index (Phi) is 4.68. The zero-order valence-electron chi connectivity index (χ0n) is 14.9. The van der Waals surface area contributed by atoms with Crippen LogP contribution in [-0.2, 0) is 0 Å². The average Bonchev–Trinajstić information content (AvgIpc) is 3.09. The maximum Gasteiger partial charge on any atom is 0.255 e. The number of halogens is 1. The molecule has 0 saturated heterocycles. The fourth-order valence-electron chi connectivity index (χ4n) is 2.92. The van der Waals surface area contributed by atoms with E-state index in [0.717, 1.165) is 37.6 Å². The van der Waals surface area contributed by atoms with E-state index in [9.17, 15) is 4.79 Å². The lowest BCUT2D eigenvalue weighted by Crippen LogP contribution is -2.13. The highest BCUT2D eigenvalue weighted by Crippen LogP contribution is 2.34. The Labute approximate surface area is 166 Å². The van der Waals surface area contributed by atoms with Crippen LogP contribution in [0, 0.1) is 13.8 Å². The van der Waals surface area contributed by atoms with Crippen molar-refractivity contribution in [1.82, 2.24) is 4.98 Å². The molecule has 1 aromatic heterocycles. The van der Waals surface area contributed by atoms with Crippen LogP contribution in [0.5, 0.6) is 0 Å². The second-order valence-electron chi connectivity index (χ2n) is 6.38. The van der Waals surface area contributed by atoms with E-state index in [0.29, 0.717) is 10.6 Å². The fraction of sp³-hybridized carbons (Fsp3) is 0.0909. The topological polar surface area (TPSA) is 42.0 Å². The number of aryl methyl sites for hydroxylation is 1. The zero-order chi connectivity index (χ0) is 19.0. The van der Waals surface area contributed by atoms with Crippen LogP contribution in [-0.4, -0.2) is 10.9 Å². The highest BCUT2D eigenvalue weighted by molar-refractivity contribution is 7.21. The quantitative estimate of drug-likeness (QED) is 0.433. The number of para-hydroxylation sites is 1. The molecule has 134 valence electrons. The standard InChI is InChI=1S/C22H17ClN2OS/c1-13-10-11-15(12-17(13)23)21(26)24-18-8-5-6-16(14(18)2)22-25-19-7-3-4-9-20(19)27-22/h3-12H,1-2H3,(H,24,26). The molecule has 0 atom stereocenters. The number of aromatic nitrogens is 1.